The number of aromatic amines is 1. The van der Waals surface area contributed by atoms with Gasteiger partial charge in [0.15, 0.2) is 5.69 Å². The van der Waals surface area contributed by atoms with Crippen molar-refractivity contribution in [1.82, 2.24) is 15.2 Å². The van der Waals surface area contributed by atoms with Crippen LogP contribution in [0, 0.1) is 0 Å². The Labute approximate surface area is 99.0 Å². The minimum atomic E-state index is -0.342. The number of hydrazine groups is 1. The number of hydrogen-bond acceptors (Lipinski definition) is 5. The monoisotopic (exact) mass is 281 g/mol. The molecule has 0 saturated heterocycles. The Kier molecular flexibility index (Phi) is 2.97. The zero-order valence-electron chi connectivity index (χ0n) is 8.07. The maximum absolute atomic E-state index is 11.6. The highest BCUT2D eigenvalue weighted by Crippen LogP contribution is 2.16. The number of rotatable bonds is 2. The first-order valence-corrected chi connectivity index (χ1v) is 5.19. The van der Waals surface area contributed by atoms with Crippen molar-refractivity contribution in [3.8, 4) is 11.3 Å². The van der Waals surface area contributed by atoms with Crippen LogP contribution in [0.5, 0.6) is 0 Å². The summed E-state index contributed by atoms with van der Waals surface area (Å²) in [6.07, 6.45) is 0. The molecule has 82 valence electrons. The van der Waals surface area contributed by atoms with E-state index in [1.165, 1.54) is 0 Å². The molecule has 7 heteroatoms. The average molecular weight is 282 g/mol. The van der Waals surface area contributed by atoms with E-state index in [-0.39, 0.29) is 17.2 Å². The molecule has 0 amide bonds. The zero-order valence-corrected chi connectivity index (χ0v) is 9.65. The maximum Gasteiger partial charge on any atom is 0.279 e. The van der Waals surface area contributed by atoms with Gasteiger partial charge in [0.25, 0.3) is 5.56 Å². The summed E-state index contributed by atoms with van der Waals surface area (Å²) in [5.41, 5.74) is 2.83. The molecule has 2 aromatic rings. The average Bonchev–Trinajstić information content (AvgIpc) is 2.30. The molecular formula is C9H8BrN5O. The molecular weight excluding hydrogens is 274 g/mol. The highest BCUT2D eigenvalue weighted by atomic mass is 79.9. The van der Waals surface area contributed by atoms with Gasteiger partial charge in [-0.2, -0.15) is 0 Å². The molecule has 0 fully saturated rings. The van der Waals surface area contributed by atoms with Gasteiger partial charge in [0.1, 0.15) is 0 Å². The van der Waals surface area contributed by atoms with E-state index in [0.717, 1.165) is 4.47 Å². The van der Waals surface area contributed by atoms with Crippen LogP contribution >= 0.6 is 15.9 Å². The summed E-state index contributed by atoms with van der Waals surface area (Å²) in [5, 5.41) is 7.50. The first kappa shape index (κ1) is 10.8. The number of aromatic nitrogens is 3. The molecule has 0 aliphatic rings. The third-order valence-electron chi connectivity index (χ3n) is 1.95. The standard InChI is InChI=1S/C9H8BrN5O/c10-6-3-1-5(2-4-6)7-8(16)12-9(13-11)15-14-7/h1-4H,11H2,(H2,12,13,15,16). The molecule has 0 radical (unpaired) electrons. The van der Waals surface area contributed by atoms with Gasteiger partial charge in [-0.1, -0.05) is 28.1 Å². The van der Waals surface area contributed by atoms with Crippen molar-refractivity contribution in [3.63, 3.8) is 0 Å². The lowest BCUT2D eigenvalue weighted by Gasteiger charge is -2.01. The van der Waals surface area contributed by atoms with Crippen molar-refractivity contribution in [3.05, 3.63) is 39.1 Å². The fourth-order valence-corrected chi connectivity index (χ4v) is 1.46. The predicted molar refractivity (Wildman–Crippen MR) is 63.6 cm³/mol. The summed E-state index contributed by atoms with van der Waals surface area (Å²) < 4.78 is 0.931. The molecule has 0 aliphatic heterocycles. The number of nitrogens with two attached hydrogens (primary N) is 1. The fraction of sp³-hybridized carbons (Fsp3) is 0. The van der Waals surface area contributed by atoms with Crippen molar-refractivity contribution in [2.24, 2.45) is 5.84 Å². The highest BCUT2D eigenvalue weighted by molar-refractivity contribution is 9.10. The molecule has 0 atom stereocenters. The van der Waals surface area contributed by atoms with Gasteiger partial charge in [0.2, 0.25) is 5.95 Å². The fourth-order valence-electron chi connectivity index (χ4n) is 1.20. The number of anilines is 1. The largest absolute Gasteiger partial charge is 0.293 e. The van der Waals surface area contributed by atoms with E-state index >= 15 is 0 Å². The molecule has 2 rings (SSSR count). The van der Waals surface area contributed by atoms with E-state index < -0.39 is 0 Å². The van der Waals surface area contributed by atoms with Crippen LogP contribution in [-0.2, 0) is 0 Å². The Balaban J connectivity index is 2.48. The molecule has 16 heavy (non-hydrogen) atoms. The maximum atomic E-state index is 11.6. The van der Waals surface area contributed by atoms with E-state index in [0.29, 0.717) is 5.56 Å². The Morgan fingerprint density at radius 2 is 1.94 bits per heavy atom. The van der Waals surface area contributed by atoms with Crippen molar-refractivity contribution < 1.29 is 0 Å². The quantitative estimate of drug-likeness (QED) is 0.561. The number of benzene rings is 1. The molecule has 0 bridgehead atoms. The van der Waals surface area contributed by atoms with Crippen LogP contribution < -0.4 is 16.8 Å². The summed E-state index contributed by atoms with van der Waals surface area (Å²) in [5.74, 6) is 5.23. The summed E-state index contributed by atoms with van der Waals surface area (Å²) in [4.78, 5) is 14.1. The molecule has 6 nitrogen and oxygen atoms in total. The second-order valence-corrected chi connectivity index (χ2v) is 3.92. The van der Waals surface area contributed by atoms with Gasteiger partial charge in [-0.05, 0) is 12.1 Å². The van der Waals surface area contributed by atoms with Crippen LogP contribution in [0.25, 0.3) is 11.3 Å². The van der Waals surface area contributed by atoms with E-state index in [9.17, 15) is 4.79 Å². The molecule has 0 spiro atoms. The second-order valence-electron chi connectivity index (χ2n) is 3.00. The third-order valence-corrected chi connectivity index (χ3v) is 2.48. The first-order chi connectivity index (χ1) is 7.70. The lowest BCUT2D eigenvalue weighted by molar-refractivity contribution is 0.946. The zero-order chi connectivity index (χ0) is 11.5. The van der Waals surface area contributed by atoms with Crippen molar-refractivity contribution in [2.45, 2.75) is 0 Å². The number of hydrogen-bond donors (Lipinski definition) is 3. The minimum Gasteiger partial charge on any atom is -0.293 e. The second kappa shape index (κ2) is 4.42. The highest BCUT2D eigenvalue weighted by Gasteiger charge is 2.06. The summed E-state index contributed by atoms with van der Waals surface area (Å²) >= 11 is 3.31. The molecule has 1 aromatic heterocycles. The number of H-pyrrole nitrogens is 1. The summed E-state index contributed by atoms with van der Waals surface area (Å²) in [6.45, 7) is 0. The minimum absolute atomic E-state index is 0.130. The molecule has 1 heterocycles. The van der Waals surface area contributed by atoms with Crippen LogP contribution in [0.3, 0.4) is 0 Å². The lowest BCUT2D eigenvalue weighted by atomic mass is 10.2. The van der Waals surface area contributed by atoms with Crippen molar-refractivity contribution in [1.29, 1.82) is 0 Å². The van der Waals surface area contributed by atoms with Crippen molar-refractivity contribution >= 4 is 21.9 Å². The van der Waals surface area contributed by atoms with Crippen LogP contribution in [-0.4, -0.2) is 15.2 Å². The van der Waals surface area contributed by atoms with Gasteiger partial charge < -0.3 is 0 Å². The Bertz CT molecular complexity index is 551. The van der Waals surface area contributed by atoms with E-state index in [2.05, 4.69) is 36.5 Å². The summed E-state index contributed by atoms with van der Waals surface area (Å²) in [7, 11) is 0. The number of nitrogen functional groups attached to an aromatic ring is 1. The van der Waals surface area contributed by atoms with Crippen LogP contribution in [0.15, 0.2) is 33.5 Å². The van der Waals surface area contributed by atoms with Crippen molar-refractivity contribution in [2.75, 3.05) is 5.43 Å². The molecule has 0 unspecified atom stereocenters. The van der Waals surface area contributed by atoms with E-state index in [1.54, 1.807) is 12.1 Å². The molecule has 4 N–H and O–H groups in total. The normalized spacial score (nSPS) is 10.1. The smallest absolute Gasteiger partial charge is 0.279 e. The SMILES string of the molecule is NNc1nnc(-c2ccc(Br)cc2)c(=O)[nH]1. The van der Waals surface area contributed by atoms with E-state index in [4.69, 9.17) is 5.84 Å². The van der Waals surface area contributed by atoms with Gasteiger partial charge >= 0.3 is 0 Å². The van der Waals surface area contributed by atoms with Crippen LogP contribution in [0.1, 0.15) is 0 Å². The predicted octanol–water partition coefficient (Wildman–Crippen LogP) is 0.880. The number of halogens is 1. The van der Waals surface area contributed by atoms with Crippen LogP contribution in [0.2, 0.25) is 0 Å². The van der Waals surface area contributed by atoms with Gasteiger partial charge in [-0.3, -0.25) is 15.2 Å². The van der Waals surface area contributed by atoms with Gasteiger partial charge in [0, 0.05) is 10.0 Å². The molecule has 0 saturated carbocycles. The number of nitrogens with one attached hydrogen (secondary N) is 2. The molecule has 1 aromatic carbocycles. The third kappa shape index (κ3) is 2.10. The Morgan fingerprint density at radius 3 is 2.50 bits per heavy atom. The topological polar surface area (TPSA) is 96.7 Å². The van der Waals surface area contributed by atoms with Gasteiger partial charge in [0.05, 0.1) is 0 Å². The Morgan fingerprint density at radius 1 is 1.25 bits per heavy atom. The number of nitrogens with zero attached hydrogens (tertiary/aromatic N) is 2. The lowest BCUT2D eigenvalue weighted by Crippen LogP contribution is -2.19. The first-order valence-electron chi connectivity index (χ1n) is 4.40. The van der Waals surface area contributed by atoms with Gasteiger partial charge in [-0.15, -0.1) is 10.2 Å². The van der Waals surface area contributed by atoms with Crippen LogP contribution in [0.4, 0.5) is 5.95 Å². The van der Waals surface area contributed by atoms with E-state index in [1.807, 2.05) is 12.1 Å². The summed E-state index contributed by atoms with van der Waals surface area (Å²) in [6, 6.07) is 7.20. The molecule has 0 aliphatic carbocycles. The Hall–Kier alpha value is -1.73. The van der Waals surface area contributed by atoms with Gasteiger partial charge in [-0.25, -0.2) is 5.84 Å².